The molecule has 16 heavy (non-hydrogen) atoms. The van der Waals surface area contributed by atoms with Crippen molar-refractivity contribution in [1.29, 1.82) is 0 Å². The zero-order valence-electron chi connectivity index (χ0n) is 9.36. The topological polar surface area (TPSA) is 31.4 Å². The zero-order chi connectivity index (χ0) is 11.4. The van der Waals surface area contributed by atoms with E-state index in [1.165, 1.54) is 0 Å². The van der Waals surface area contributed by atoms with Gasteiger partial charge < -0.3 is 9.47 Å². The fourth-order valence-corrected chi connectivity index (χ4v) is 1.96. The third kappa shape index (κ3) is 3.09. The maximum atomic E-state index is 5.68. The summed E-state index contributed by atoms with van der Waals surface area (Å²) in [6.07, 6.45) is 4.31. The molecule has 3 nitrogen and oxygen atoms in total. The summed E-state index contributed by atoms with van der Waals surface area (Å²) in [4.78, 5) is 3.96. The maximum absolute atomic E-state index is 5.68. The van der Waals surface area contributed by atoms with Crippen LogP contribution in [0.5, 0.6) is 5.75 Å². The Bertz CT molecular complexity index is 322. The Morgan fingerprint density at radius 3 is 2.88 bits per heavy atom. The van der Waals surface area contributed by atoms with Gasteiger partial charge in [0.1, 0.15) is 10.9 Å². The van der Waals surface area contributed by atoms with Gasteiger partial charge >= 0.3 is 0 Å². The van der Waals surface area contributed by atoms with Crippen LogP contribution in [0.4, 0.5) is 0 Å². The summed E-state index contributed by atoms with van der Waals surface area (Å²) >= 11 is 5.68. The highest BCUT2D eigenvalue weighted by molar-refractivity contribution is 6.29. The second-order valence-corrected chi connectivity index (χ2v) is 4.43. The van der Waals surface area contributed by atoms with Gasteiger partial charge in [-0.1, -0.05) is 11.6 Å². The molecular formula is C12H16ClNO2. The van der Waals surface area contributed by atoms with Gasteiger partial charge in [-0.2, -0.15) is 0 Å². The van der Waals surface area contributed by atoms with Crippen LogP contribution in [0.1, 0.15) is 19.8 Å². The molecule has 1 aromatic rings. The van der Waals surface area contributed by atoms with Gasteiger partial charge in [0, 0.05) is 6.61 Å². The van der Waals surface area contributed by atoms with Gasteiger partial charge in [-0.05, 0) is 37.8 Å². The molecule has 0 aromatic carbocycles. The number of pyridine rings is 1. The van der Waals surface area contributed by atoms with Crippen molar-refractivity contribution in [2.24, 2.45) is 5.92 Å². The van der Waals surface area contributed by atoms with Crippen LogP contribution >= 0.6 is 11.6 Å². The lowest BCUT2D eigenvalue weighted by atomic mass is 9.83. The molecule has 0 radical (unpaired) electrons. The quantitative estimate of drug-likeness (QED) is 0.743. The van der Waals surface area contributed by atoms with Crippen LogP contribution in [0, 0.1) is 5.92 Å². The number of rotatable bonds is 5. The average molecular weight is 242 g/mol. The summed E-state index contributed by atoms with van der Waals surface area (Å²) in [5.74, 6) is 1.40. The molecule has 2 rings (SSSR count). The van der Waals surface area contributed by atoms with E-state index in [4.69, 9.17) is 21.1 Å². The third-order valence-corrected chi connectivity index (χ3v) is 3.00. The van der Waals surface area contributed by atoms with Crippen molar-refractivity contribution >= 4 is 11.6 Å². The molecule has 0 bridgehead atoms. The minimum Gasteiger partial charge on any atom is -0.492 e. The van der Waals surface area contributed by atoms with E-state index in [1.54, 1.807) is 12.3 Å². The minimum atomic E-state index is 0.446. The number of ether oxygens (including phenoxy) is 2. The van der Waals surface area contributed by atoms with E-state index in [0.717, 1.165) is 31.8 Å². The number of nitrogens with zero attached hydrogens (tertiary/aromatic N) is 1. The Morgan fingerprint density at radius 1 is 1.44 bits per heavy atom. The normalized spacial score (nSPS) is 23.9. The number of hydrogen-bond acceptors (Lipinski definition) is 3. The Morgan fingerprint density at radius 2 is 2.25 bits per heavy atom. The molecule has 0 saturated heterocycles. The summed E-state index contributed by atoms with van der Waals surface area (Å²) in [5, 5.41) is 0.493. The number of hydrogen-bond donors (Lipinski definition) is 0. The lowest BCUT2D eigenvalue weighted by molar-refractivity contribution is -0.0363. The van der Waals surface area contributed by atoms with Crippen LogP contribution in [-0.2, 0) is 4.74 Å². The third-order valence-electron chi connectivity index (χ3n) is 2.78. The first-order valence-electron chi connectivity index (χ1n) is 5.64. The van der Waals surface area contributed by atoms with E-state index in [-0.39, 0.29) is 0 Å². The van der Waals surface area contributed by atoms with Crippen LogP contribution in [0.15, 0.2) is 18.3 Å². The molecule has 0 aliphatic heterocycles. The Labute approximate surface area is 101 Å². The van der Waals surface area contributed by atoms with Crippen molar-refractivity contribution in [3.05, 3.63) is 23.5 Å². The predicted molar refractivity (Wildman–Crippen MR) is 62.9 cm³/mol. The molecule has 0 atom stereocenters. The van der Waals surface area contributed by atoms with Crippen LogP contribution in [-0.4, -0.2) is 24.3 Å². The summed E-state index contributed by atoms with van der Waals surface area (Å²) in [6.45, 7) is 3.58. The van der Waals surface area contributed by atoms with Crippen LogP contribution in [0.2, 0.25) is 5.15 Å². The molecule has 1 fully saturated rings. The minimum absolute atomic E-state index is 0.446. The highest BCUT2D eigenvalue weighted by atomic mass is 35.5. The first-order valence-corrected chi connectivity index (χ1v) is 6.01. The van der Waals surface area contributed by atoms with Crippen LogP contribution < -0.4 is 4.74 Å². The number of aromatic nitrogens is 1. The summed E-state index contributed by atoms with van der Waals surface area (Å²) in [6, 6.07) is 3.58. The molecule has 1 aromatic heterocycles. The largest absolute Gasteiger partial charge is 0.492 e. The summed E-state index contributed by atoms with van der Waals surface area (Å²) in [7, 11) is 0. The summed E-state index contributed by atoms with van der Waals surface area (Å²) in [5.41, 5.74) is 0. The highest BCUT2D eigenvalue weighted by Crippen LogP contribution is 2.30. The molecule has 0 amide bonds. The van der Waals surface area contributed by atoms with E-state index in [1.807, 2.05) is 13.0 Å². The van der Waals surface area contributed by atoms with Crippen LogP contribution in [0.25, 0.3) is 0 Å². The Balaban J connectivity index is 1.67. The zero-order valence-corrected chi connectivity index (χ0v) is 10.1. The molecule has 1 heterocycles. The average Bonchev–Trinajstić information content (AvgIpc) is 2.24. The lowest BCUT2D eigenvalue weighted by Gasteiger charge is -2.34. The van der Waals surface area contributed by atoms with E-state index < -0.39 is 0 Å². The molecule has 1 saturated carbocycles. The van der Waals surface area contributed by atoms with Crippen LogP contribution in [0.3, 0.4) is 0 Å². The lowest BCUT2D eigenvalue weighted by Crippen LogP contribution is -2.34. The Kier molecular flexibility index (Phi) is 4.02. The molecule has 4 heteroatoms. The van der Waals surface area contributed by atoms with E-state index >= 15 is 0 Å². The first kappa shape index (κ1) is 11.7. The van der Waals surface area contributed by atoms with E-state index in [0.29, 0.717) is 17.2 Å². The highest BCUT2D eigenvalue weighted by Gasteiger charge is 2.29. The maximum Gasteiger partial charge on any atom is 0.137 e. The van der Waals surface area contributed by atoms with Gasteiger partial charge in [0.15, 0.2) is 0 Å². The second kappa shape index (κ2) is 5.51. The molecule has 0 unspecified atom stereocenters. The first-order chi connectivity index (χ1) is 7.78. The van der Waals surface area contributed by atoms with E-state index in [9.17, 15) is 0 Å². The molecular weight excluding hydrogens is 226 g/mol. The fraction of sp³-hybridized carbons (Fsp3) is 0.583. The molecule has 1 aliphatic rings. The molecule has 0 N–H and O–H groups in total. The standard InChI is InChI=1S/C12H16ClNO2/c1-2-15-11-5-9(6-11)8-16-10-3-4-12(13)14-7-10/h3-4,7,9,11H,2,5-6,8H2,1H3. The van der Waals surface area contributed by atoms with Gasteiger partial charge in [-0.25, -0.2) is 4.98 Å². The van der Waals surface area contributed by atoms with Crippen molar-refractivity contribution in [2.45, 2.75) is 25.9 Å². The van der Waals surface area contributed by atoms with Gasteiger partial charge in [0.2, 0.25) is 0 Å². The van der Waals surface area contributed by atoms with Gasteiger partial charge in [-0.3, -0.25) is 0 Å². The molecule has 88 valence electrons. The van der Waals surface area contributed by atoms with Gasteiger partial charge in [0.25, 0.3) is 0 Å². The number of halogens is 1. The predicted octanol–water partition coefficient (Wildman–Crippen LogP) is 2.93. The van der Waals surface area contributed by atoms with Crippen molar-refractivity contribution < 1.29 is 9.47 Å². The summed E-state index contributed by atoms with van der Waals surface area (Å²) < 4.78 is 11.1. The molecule has 0 spiro atoms. The smallest absolute Gasteiger partial charge is 0.137 e. The molecule has 1 aliphatic carbocycles. The van der Waals surface area contributed by atoms with Gasteiger partial charge in [-0.15, -0.1) is 0 Å². The van der Waals surface area contributed by atoms with Gasteiger partial charge in [0.05, 0.1) is 18.9 Å². The Hall–Kier alpha value is -0.800. The van der Waals surface area contributed by atoms with Crippen molar-refractivity contribution in [1.82, 2.24) is 4.98 Å². The van der Waals surface area contributed by atoms with Crippen molar-refractivity contribution in [3.8, 4) is 5.75 Å². The van der Waals surface area contributed by atoms with Crippen molar-refractivity contribution in [3.63, 3.8) is 0 Å². The monoisotopic (exact) mass is 241 g/mol. The van der Waals surface area contributed by atoms with Crippen molar-refractivity contribution in [2.75, 3.05) is 13.2 Å². The fourth-order valence-electron chi connectivity index (χ4n) is 1.84. The van der Waals surface area contributed by atoms with E-state index in [2.05, 4.69) is 4.98 Å². The SMILES string of the molecule is CCOC1CC(COc2ccc(Cl)nc2)C1. The second-order valence-electron chi connectivity index (χ2n) is 4.04.